The zero-order valence-electron chi connectivity index (χ0n) is 14.2. The Kier molecular flexibility index (Phi) is 4.41. The van der Waals surface area contributed by atoms with Gasteiger partial charge in [-0.05, 0) is 22.9 Å². The van der Waals surface area contributed by atoms with Crippen molar-refractivity contribution in [2.75, 3.05) is 0 Å². The van der Waals surface area contributed by atoms with Crippen molar-refractivity contribution in [1.29, 1.82) is 0 Å². The van der Waals surface area contributed by atoms with Crippen molar-refractivity contribution >= 4 is 38.2 Å². The lowest BCUT2D eigenvalue weighted by molar-refractivity contribution is 0.0999. The standard InChI is InChI=1S/C21H14F2N2OS/c1-2-10-25-19-17(23)11-14(22)12-18(19)27-21(25)24-20(26)16-9-5-7-13-6-3-4-8-15(13)16/h2-9,11-12H,1,10H2. The molecule has 0 spiro atoms. The van der Waals surface area contributed by atoms with Crippen LogP contribution >= 0.6 is 11.3 Å². The van der Waals surface area contributed by atoms with Crippen LogP contribution in [0.4, 0.5) is 8.78 Å². The Morgan fingerprint density at radius 2 is 1.93 bits per heavy atom. The molecule has 1 aromatic heterocycles. The van der Waals surface area contributed by atoms with Crippen LogP contribution in [0.1, 0.15) is 10.4 Å². The van der Waals surface area contributed by atoms with E-state index >= 15 is 0 Å². The van der Waals surface area contributed by atoms with Crippen LogP contribution < -0.4 is 4.80 Å². The molecular formula is C21H14F2N2OS. The molecule has 3 aromatic carbocycles. The lowest BCUT2D eigenvalue weighted by Crippen LogP contribution is -2.17. The van der Waals surface area contributed by atoms with Crippen molar-refractivity contribution in [1.82, 2.24) is 4.57 Å². The van der Waals surface area contributed by atoms with Gasteiger partial charge in [0.1, 0.15) is 5.82 Å². The number of aromatic nitrogens is 1. The maximum absolute atomic E-state index is 14.3. The molecule has 4 rings (SSSR count). The Balaban J connectivity index is 1.94. The number of rotatable bonds is 3. The van der Waals surface area contributed by atoms with Gasteiger partial charge >= 0.3 is 0 Å². The normalized spacial score (nSPS) is 12.0. The summed E-state index contributed by atoms with van der Waals surface area (Å²) in [6.45, 7) is 3.92. The first-order chi connectivity index (χ1) is 13.1. The van der Waals surface area contributed by atoms with Crippen LogP contribution in [0.15, 0.2) is 72.2 Å². The van der Waals surface area contributed by atoms with Crippen molar-refractivity contribution in [3.8, 4) is 0 Å². The number of thiazole rings is 1. The van der Waals surface area contributed by atoms with Crippen molar-refractivity contribution in [2.45, 2.75) is 6.54 Å². The van der Waals surface area contributed by atoms with Crippen molar-refractivity contribution < 1.29 is 13.6 Å². The number of carbonyl (C=O) groups excluding carboxylic acids is 1. The van der Waals surface area contributed by atoms with Gasteiger partial charge in [-0.15, -0.1) is 6.58 Å². The number of amides is 1. The fourth-order valence-electron chi connectivity index (χ4n) is 3.07. The first kappa shape index (κ1) is 17.3. The summed E-state index contributed by atoms with van der Waals surface area (Å²) < 4.78 is 29.8. The average Bonchev–Trinajstić information content (AvgIpc) is 2.98. The molecule has 0 N–H and O–H groups in total. The summed E-state index contributed by atoms with van der Waals surface area (Å²) in [6.07, 6.45) is 1.58. The SMILES string of the molecule is C=CCn1c(=NC(=O)c2cccc3ccccc23)sc2cc(F)cc(F)c21. The predicted molar refractivity (Wildman–Crippen MR) is 104 cm³/mol. The van der Waals surface area contributed by atoms with E-state index in [1.54, 1.807) is 18.2 Å². The molecule has 0 aliphatic heterocycles. The van der Waals surface area contributed by atoms with E-state index in [-0.39, 0.29) is 12.1 Å². The molecule has 3 nitrogen and oxygen atoms in total. The molecular weight excluding hydrogens is 366 g/mol. The van der Waals surface area contributed by atoms with Crippen LogP contribution in [0.25, 0.3) is 21.0 Å². The van der Waals surface area contributed by atoms with Gasteiger partial charge in [-0.25, -0.2) is 8.78 Å². The third-order valence-electron chi connectivity index (χ3n) is 4.22. The predicted octanol–water partition coefficient (Wildman–Crippen LogP) is 5.06. The van der Waals surface area contributed by atoms with Crippen LogP contribution in [-0.2, 0) is 6.54 Å². The van der Waals surface area contributed by atoms with Gasteiger partial charge in [0, 0.05) is 18.2 Å². The van der Waals surface area contributed by atoms with Gasteiger partial charge in [0.2, 0.25) is 0 Å². The third kappa shape index (κ3) is 3.08. The van der Waals surface area contributed by atoms with Gasteiger partial charge in [0.15, 0.2) is 10.6 Å². The number of hydrogen-bond donors (Lipinski definition) is 0. The molecule has 0 atom stereocenters. The van der Waals surface area contributed by atoms with Crippen LogP contribution in [0.5, 0.6) is 0 Å². The minimum atomic E-state index is -0.692. The monoisotopic (exact) mass is 380 g/mol. The Morgan fingerprint density at radius 1 is 1.15 bits per heavy atom. The van der Waals surface area contributed by atoms with E-state index in [0.29, 0.717) is 15.1 Å². The maximum Gasteiger partial charge on any atom is 0.280 e. The highest BCUT2D eigenvalue weighted by atomic mass is 32.1. The molecule has 134 valence electrons. The maximum atomic E-state index is 14.3. The molecule has 1 heterocycles. The Morgan fingerprint density at radius 3 is 2.74 bits per heavy atom. The first-order valence-electron chi connectivity index (χ1n) is 8.24. The van der Waals surface area contributed by atoms with E-state index in [9.17, 15) is 13.6 Å². The number of fused-ring (bicyclic) bond motifs is 2. The van der Waals surface area contributed by atoms with Crippen molar-refractivity contribution in [3.63, 3.8) is 0 Å². The summed E-state index contributed by atoms with van der Waals surface area (Å²) in [6, 6.07) is 15.0. The van der Waals surface area contributed by atoms with Gasteiger partial charge in [-0.2, -0.15) is 4.99 Å². The molecule has 4 aromatic rings. The summed E-state index contributed by atoms with van der Waals surface area (Å²) in [5, 5.41) is 1.73. The van der Waals surface area contributed by atoms with E-state index in [0.717, 1.165) is 28.2 Å². The lowest BCUT2D eigenvalue weighted by Gasteiger charge is -2.04. The van der Waals surface area contributed by atoms with Crippen LogP contribution in [0, 0.1) is 11.6 Å². The van der Waals surface area contributed by atoms with Crippen molar-refractivity contribution in [2.24, 2.45) is 4.99 Å². The molecule has 0 aliphatic carbocycles. The summed E-state index contributed by atoms with van der Waals surface area (Å²) >= 11 is 1.07. The molecule has 0 radical (unpaired) electrons. The minimum Gasteiger partial charge on any atom is -0.310 e. The van der Waals surface area contributed by atoms with Crippen LogP contribution in [-0.4, -0.2) is 10.5 Å². The summed E-state index contributed by atoms with van der Waals surface area (Å²) in [7, 11) is 0. The highest BCUT2D eigenvalue weighted by Crippen LogP contribution is 2.23. The molecule has 0 aliphatic rings. The third-order valence-corrected chi connectivity index (χ3v) is 5.25. The van der Waals surface area contributed by atoms with E-state index in [2.05, 4.69) is 11.6 Å². The zero-order chi connectivity index (χ0) is 19.0. The topological polar surface area (TPSA) is 34.4 Å². The van der Waals surface area contributed by atoms with E-state index in [1.165, 1.54) is 10.6 Å². The van der Waals surface area contributed by atoms with E-state index < -0.39 is 17.5 Å². The number of carbonyl (C=O) groups is 1. The highest BCUT2D eigenvalue weighted by Gasteiger charge is 2.14. The number of halogens is 2. The Bertz CT molecular complexity index is 1270. The Labute approximate surface area is 157 Å². The van der Waals surface area contributed by atoms with Gasteiger partial charge in [-0.1, -0.05) is 53.8 Å². The second-order valence-corrected chi connectivity index (χ2v) is 6.97. The Hall–Kier alpha value is -3.12. The van der Waals surface area contributed by atoms with Gasteiger partial charge in [0.05, 0.1) is 10.2 Å². The first-order valence-corrected chi connectivity index (χ1v) is 9.06. The molecule has 0 saturated heterocycles. The van der Waals surface area contributed by atoms with Gasteiger partial charge in [0.25, 0.3) is 5.91 Å². The summed E-state index contributed by atoms with van der Waals surface area (Å²) in [5.41, 5.74) is 0.674. The number of benzene rings is 3. The molecule has 0 bridgehead atoms. The summed E-state index contributed by atoms with van der Waals surface area (Å²) in [5.74, 6) is -1.79. The molecule has 0 fully saturated rings. The second kappa shape index (κ2) is 6.89. The molecule has 27 heavy (non-hydrogen) atoms. The fourth-order valence-corrected chi connectivity index (χ4v) is 4.15. The molecule has 1 amide bonds. The van der Waals surface area contributed by atoms with Crippen LogP contribution in [0.2, 0.25) is 0 Å². The number of hydrogen-bond acceptors (Lipinski definition) is 2. The average molecular weight is 380 g/mol. The number of allylic oxidation sites excluding steroid dienone is 1. The summed E-state index contributed by atoms with van der Waals surface area (Å²) in [4.78, 5) is 17.4. The quantitative estimate of drug-likeness (QED) is 0.458. The van der Waals surface area contributed by atoms with Gasteiger partial charge in [-0.3, -0.25) is 4.79 Å². The molecule has 6 heteroatoms. The lowest BCUT2D eigenvalue weighted by atomic mass is 10.0. The second-order valence-electron chi connectivity index (χ2n) is 5.96. The van der Waals surface area contributed by atoms with Crippen molar-refractivity contribution in [3.05, 3.63) is 89.3 Å². The fraction of sp³-hybridized carbons (Fsp3) is 0.0476. The molecule has 0 unspecified atom stereocenters. The molecule has 0 saturated carbocycles. The van der Waals surface area contributed by atoms with Crippen LogP contribution in [0.3, 0.4) is 0 Å². The zero-order valence-corrected chi connectivity index (χ0v) is 15.0. The number of nitrogens with zero attached hydrogens (tertiary/aromatic N) is 2. The van der Waals surface area contributed by atoms with E-state index in [4.69, 9.17) is 0 Å². The van der Waals surface area contributed by atoms with E-state index in [1.807, 2.05) is 30.3 Å². The largest absolute Gasteiger partial charge is 0.310 e. The van der Waals surface area contributed by atoms with Gasteiger partial charge < -0.3 is 4.57 Å². The highest BCUT2D eigenvalue weighted by molar-refractivity contribution is 7.16. The minimum absolute atomic E-state index is 0.214. The smallest absolute Gasteiger partial charge is 0.280 e.